The van der Waals surface area contributed by atoms with Gasteiger partial charge >= 0.3 is 0 Å². The Balaban J connectivity index is 2.09. The van der Waals surface area contributed by atoms with Crippen LogP contribution in [0.25, 0.3) is 0 Å². The fourth-order valence-corrected chi connectivity index (χ4v) is 2.02. The smallest absolute Gasteiger partial charge is 0.255 e. The molecule has 4 heteroatoms. The Morgan fingerprint density at radius 1 is 1.50 bits per heavy atom. The van der Waals surface area contributed by atoms with Gasteiger partial charge in [-0.25, -0.2) is 0 Å². The number of aliphatic hydroxyl groups excluding tert-OH is 1. The first-order chi connectivity index (χ1) is 6.66. The second-order valence-corrected chi connectivity index (χ2v) is 4.28. The van der Waals surface area contributed by atoms with Crippen LogP contribution in [0.15, 0.2) is 4.52 Å². The van der Waals surface area contributed by atoms with E-state index in [9.17, 15) is 5.11 Å². The molecule has 1 aliphatic rings. The fraction of sp³-hybridized carbons (Fsp3) is 0.800. The largest absolute Gasteiger partial charge is 0.384 e. The first-order valence-electron chi connectivity index (χ1n) is 5.18. The van der Waals surface area contributed by atoms with Gasteiger partial charge in [0.25, 0.3) is 5.89 Å². The minimum absolute atomic E-state index is 0.333. The summed E-state index contributed by atoms with van der Waals surface area (Å²) in [4.78, 5) is 4.20. The summed E-state index contributed by atoms with van der Waals surface area (Å²) in [5.74, 6) is 2.29. The molecule has 1 fully saturated rings. The lowest BCUT2D eigenvalue weighted by Crippen LogP contribution is -1.97. The van der Waals surface area contributed by atoms with Crippen molar-refractivity contribution in [2.75, 3.05) is 0 Å². The number of aliphatic hydroxyl groups is 1. The molecule has 3 atom stereocenters. The highest BCUT2D eigenvalue weighted by atomic mass is 16.5. The lowest BCUT2D eigenvalue weighted by atomic mass is 10.1. The molecule has 0 spiro atoms. The maximum atomic E-state index is 9.24. The molecule has 0 aliphatic heterocycles. The summed E-state index contributed by atoms with van der Waals surface area (Å²) in [7, 11) is 0. The number of aromatic nitrogens is 2. The van der Waals surface area contributed by atoms with E-state index in [0.29, 0.717) is 11.8 Å². The summed E-state index contributed by atoms with van der Waals surface area (Å²) in [5.41, 5.74) is 0. The summed E-state index contributed by atoms with van der Waals surface area (Å²) in [5, 5.41) is 13.1. The van der Waals surface area contributed by atoms with Crippen LogP contribution in [-0.4, -0.2) is 15.2 Å². The van der Waals surface area contributed by atoms with E-state index in [1.54, 1.807) is 6.92 Å². The number of hydrogen-bond acceptors (Lipinski definition) is 4. The Labute approximate surface area is 83.3 Å². The van der Waals surface area contributed by atoms with Crippen molar-refractivity contribution in [1.82, 2.24) is 10.1 Å². The molecule has 0 amide bonds. The van der Waals surface area contributed by atoms with Gasteiger partial charge in [0.2, 0.25) is 0 Å². The highest BCUT2D eigenvalue weighted by Crippen LogP contribution is 2.36. The van der Waals surface area contributed by atoms with Crippen molar-refractivity contribution in [3.8, 4) is 0 Å². The van der Waals surface area contributed by atoms with Crippen LogP contribution in [0.2, 0.25) is 0 Å². The molecule has 1 saturated carbocycles. The van der Waals surface area contributed by atoms with Gasteiger partial charge in [-0.05, 0) is 32.1 Å². The van der Waals surface area contributed by atoms with E-state index < -0.39 is 6.10 Å². The van der Waals surface area contributed by atoms with Crippen molar-refractivity contribution in [3.63, 3.8) is 0 Å². The summed E-state index contributed by atoms with van der Waals surface area (Å²) in [6, 6.07) is 0. The van der Waals surface area contributed by atoms with Crippen LogP contribution in [0.1, 0.15) is 56.8 Å². The molecule has 3 unspecified atom stereocenters. The van der Waals surface area contributed by atoms with Gasteiger partial charge in [-0.2, -0.15) is 4.98 Å². The van der Waals surface area contributed by atoms with Crippen LogP contribution in [0.5, 0.6) is 0 Å². The Bertz CT molecular complexity index is 309. The van der Waals surface area contributed by atoms with E-state index in [0.717, 1.165) is 24.6 Å². The van der Waals surface area contributed by atoms with Gasteiger partial charge in [-0.3, -0.25) is 0 Å². The van der Waals surface area contributed by atoms with Gasteiger partial charge in [0.15, 0.2) is 5.82 Å². The molecule has 78 valence electrons. The van der Waals surface area contributed by atoms with Gasteiger partial charge in [0.05, 0.1) is 0 Å². The van der Waals surface area contributed by atoms with E-state index in [4.69, 9.17) is 4.52 Å². The predicted octanol–water partition coefficient (Wildman–Crippen LogP) is 2.03. The van der Waals surface area contributed by atoms with Crippen LogP contribution in [0.3, 0.4) is 0 Å². The second-order valence-electron chi connectivity index (χ2n) is 4.28. The minimum atomic E-state index is -0.657. The Kier molecular flexibility index (Phi) is 2.54. The molecule has 1 N–H and O–H groups in total. The first kappa shape index (κ1) is 9.65. The third kappa shape index (κ3) is 1.80. The quantitative estimate of drug-likeness (QED) is 0.786. The van der Waals surface area contributed by atoms with Crippen molar-refractivity contribution in [1.29, 1.82) is 0 Å². The molecule has 0 radical (unpaired) electrons. The monoisotopic (exact) mass is 196 g/mol. The summed E-state index contributed by atoms with van der Waals surface area (Å²) >= 11 is 0. The first-order valence-corrected chi connectivity index (χ1v) is 5.18. The maximum absolute atomic E-state index is 9.24. The molecule has 4 nitrogen and oxygen atoms in total. The molecular weight excluding hydrogens is 180 g/mol. The molecule has 1 heterocycles. The topological polar surface area (TPSA) is 59.2 Å². The van der Waals surface area contributed by atoms with Gasteiger partial charge in [0.1, 0.15) is 6.10 Å². The molecule has 1 aromatic rings. The van der Waals surface area contributed by atoms with E-state index >= 15 is 0 Å². The van der Waals surface area contributed by atoms with Crippen molar-refractivity contribution >= 4 is 0 Å². The van der Waals surface area contributed by atoms with Gasteiger partial charge in [-0.15, -0.1) is 0 Å². The maximum Gasteiger partial charge on any atom is 0.255 e. The average molecular weight is 196 g/mol. The van der Waals surface area contributed by atoms with Gasteiger partial charge < -0.3 is 9.63 Å². The van der Waals surface area contributed by atoms with Crippen molar-refractivity contribution in [2.24, 2.45) is 5.92 Å². The Morgan fingerprint density at radius 2 is 2.29 bits per heavy atom. The molecule has 14 heavy (non-hydrogen) atoms. The predicted molar refractivity (Wildman–Crippen MR) is 50.7 cm³/mol. The third-order valence-electron chi connectivity index (χ3n) is 2.87. The van der Waals surface area contributed by atoms with E-state index in [1.807, 2.05) is 0 Å². The van der Waals surface area contributed by atoms with Crippen LogP contribution in [0.4, 0.5) is 0 Å². The number of nitrogens with zero attached hydrogens (tertiary/aromatic N) is 2. The van der Waals surface area contributed by atoms with Crippen LogP contribution in [0, 0.1) is 5.92 Å². The lowest BCUT2D eigenvalue weighted by molar-refractivity contribution is 0.151. The van der Waals surface area contributed by atoms with Crippen LogP contribution >= 0.6 is 0 Å². The summed E-state index contributed by atoms with van der Waals surface area (Å²) < 4.78 is 4.96. The van der Waals surface area contributed by atoms with E-state index in [2.05, 4.69) is 17.1 Å². The molecule has 2 rings (SSSR count). The van der Waals surface area contributed by atoms with E-state index in [1.165, 1.54) is 6.42 Å². The van der Waals surface area contributed by atoms with Crippen molar-refractivity contribution in [3.05, 3.63) is 11.7 Å². The van der Waals surface area contributed by atoms with Gasteiger partial charge in [0, 0.05) is 5.92 Å². The zero-order valence-electron chi connectivity index (χ0n) is 8.60. The minimum Gasteiger partial charge on any atom is -0.384 e. The number of hydrogen-bond donors (Lipinski definition) is 1. The highest BCUT2D eigenvalue weighted by Gasteiger charge is 2.27. The Morgan fingerprint density at radius 3 is 2.79 bits per heavy atom. The van der Waals surface area contributed by atoms with Gasteiger partial charge in [-0.1, -0.05) is 12.1 Å². The molecule has 0 aromatic carbocycles. The number of rotatable bonds is 2. The zero-order chi connectivity index (χ0) is 10.1. The lowest BCUT2D eigenvalue weighted by Gasteiger charge is -2.01. The molecular formula is C10H16N2O2. The van der Waals surface area contributed by atoms with Crippen LogP contribution < -0.4 is 0 Å². The summed E-state index contributed by atoms with van der Waals surface area (Å²) in [6.45, 7) is 3.88. The zero-order valence-corrected chi connectivity index (χ0v) is 8.60. The van der Waals surface area contributed by atoms with Crippen molar-refractivity contribution in [2.45, 2.75) is 45.1 Å². The normalized spacial score (nSPS) is 29.4. The standard InChI is InChI=1S/C10H16N2O2/c1-6-3-4-8(5-6)9-11-10(7(2)13)14-12-9/h6-8,13H,3-5H2,1-2H3. The third-order valence-corrected chi connectivity index (χ3v) is 2.87. The summed E-state index contributed by atoms with van der Waals surface area (Å²) in [6.07, 6.45) is 2.86. The van der Waals surface area contributed by atoms with Crippen molar-refractivity contribution < 1.29 is 9.63 Å². The fourth-order valence-electron chi connectivity index (χ4n) is 2.02. The molecule has 1 aromatic heterocycles. The Hall–Kier alpha value is -0.900. The van der Waals surface area contributed by atoms with Crippen LogP contribution in [-0.2, 0) is 0 Å². The average Bonchev–Trinajstić information content (AvgIpc) is 2.70. The SMILES string of the molecule is CC1CCC(c2noc(C(C)O)n2)C1. The molecule has 1 aliphatic carbocycles. The highest BCUT2D eigenvalue weighted by molar-refractivity contribution is 4.99. The second kappa shape index (κ2) is 3.69. The molecule has 0 bridgehead atoms. The molecule has 0 saturated heterocycles. The van der Waals surface area contributed by atoms with E-state index in [-0.39, 0.29) is 0 Å².